The number of hydrogen-bond donors (Lipinski definition) is 3. The van der Waals surface area contributed by atoms with Crippen molar-refractivity contribution in [3.63, 3.8) is 0 Å². The number of hydrogen-bond acceptors (Lipinski definition) is 5. The molecule has 116 valence electrons. The van der Waals surface area contributed by atoms with Gasteiger partial charge in [-0.2, -0.15) is 0 Å². The fourth-order valence-corrected chi connectivity index (χ4v) is 2.06. The molecule has 0 spiro atoms. The van der Waals surface area contributed by atoms with E-state index in [1.165, 1.54) is 18.5 Å². The Kier molecular flexibility index (Phi) is 4.25. The highest BCUT2D eigenvalue weighted by Gasteiger charge is 2.09. The van der Waals surface area contributed by atoms with Gasteiger partial charge in [0.25, 0.3) is 0 Å². The summed E-state index contributed by atoms with van der Waals surface area (Å²) in [5.74, 6) is 0.589. The summed E-state index contributed by atoms with van der Waals surface area (Å²) in [5, 5.41) is 6.77. The zero-order valence-corrected chi connectivity index (χ0v) is 12.7. The maximum atomic E-state index is 12.9. The van der Waals surface area contributed by atoms with Crippen LogP contribution in [-0.4, -0.2) is 9.97 Å². The van der Waals surface area contributed by atoms with Gasteiger partial charge < -0.3 is 16.4 Å². The third-order valence-electron chi connectivity index (χ3n) is 3.10. The van der Waals surface area contributed by atoms with Crippen LogP contribution < -0.4 is 16.4 Å². The number of nitrogens with zero attached hydrogens (tertiary/aromatic N) is 2. The third kappa shape index (κ3) is 3.67. The van der Waals surface area contributed by atoms with E-state index in [0.717, 1.165) is 5.69 Å². The van der Waals surface area contributed by atoms with Crippen molar-refractivity contribution in [2.45, 2.75) is 0 Å². The van der Waals surface area contributed by atoms with Gasteiger partial charge in [-0.25, -0.2) is 14.4 Å². The Morgan fingerprint density at radius 2 is 1.30 bits per heavy atom. The summed E-state index contributed by atoms with van der Waals surface area (Å²) < 4.78 is 12.9. The molecule has 23 heavy (non-hydrogen) atoms. The molecule has 0 aliphatic rings. The van der Waals surface area contributed by atoms with Crippen molar-refractivity contribution in [1.29, 1.82) is 0 Å². The first-order valence-electron chi connectivity index (χ1n) is 6.77. The van der Waals surface area contributed by atoms with E-state index in [1.54, 1.807) is 24.3 Å². The quantitative estimate of drug-likeness (QED) is 0.664. The molecule has 1 aromatic heterocycles. The molecule has 4 N–H and O–H groups in total. The van der Waals surface area contributed by atoms with Crippen molar-refractivity contribution in [3.05, 3.63) is 65.7 Å². The largest absolute Gasteiger partial charge is 0.393 e. The molecule has 5 nitrogen and oxygen atoms in total. The SMILES string of the molecule is Nc1c(Nc2ccc(F)cc2)ncnc1Nc1ccc(Cl)cc1. The lowest BCUT2D eigenvalue weighted by Gasteiger charge is -2.12. The summed E-state index contributed by atoms with van der Waals surface area (Å²) in [7, 11) is 0. The molecule has 0 radical (unpaired) electrons. The number of anilines is 5. The second kappa shape index (κ2) is 6.50. The van der Waals surface area contributed by atoms with Crippen LogP contribution in [0.5, 0.6) is 0 Å². The zero-order chi connectivity index (χ0) is 16.2. The van der Waals surface area contributed by atoms with Gasteiger partial charge in [0, 0.05) is 16.4 Å². The highest BCUT2D eigenvalue weighted by atomic mass is 35.5. The molecule has 0 aliphatic carbocycles. The minimum atomic E-state index is -0.309. The van der Waals surface area contributed by atoms with Crippen LogP contribution in [0.15, 0.2) is 54.9 Å². The lowest BCUT2D eigenvalue weighted by Crippen LogP contribution is -2.05. The Hall–Kier alpha value is -2.86. The molecule has 0 bridgehead atoms. The molecule has 0 aliphatic heterocycles. The third-order valence-corrected chi connectivity index (χ3v) is 3.35. The Balaban J connectivity index is 1.83. The van der Waals surface area contributed by atoms with Crippen molar-refractivity contribution in [3.8, 4) is 0 Å². The van der Waals surface area contributed by atoms with Gasteiger partial charge in [-0.05, 0) is 48.5 Å². The first-order valence-corrected chi connectivity index (χ1v) is 7.15. The molecule has 0 fully saturated rings. The highest BCUT2D eigenvalue weighted by Crippen LogP contribution is 2.28. The molecule has 0 unspecified atom stereocenters. The molecular weight excluding hydrogens is 317 g/mol. The average Bonchev–Trinajstić information content (AvgIpc) is 2.55. The van der Waals surface area contributed by atoms with E-state index in [9.17, 15) is 4.39 Å². The average molecular weight is 330 g/mol. The van der Waals surface area contributed by atoms with Gasteiger partial charge in [0.1, 0.15) is 17.8 Å². The first kappa shape index (κ1) is 15.1. The maximum absolute atomic E-state index is 12.9. The van der Waals surface area contributed by atoms with E-state index in [1.807, 2.05) is 12.1 Å². The number of rotatable bonds is 4. The Morgan fingerprint density at radius 3 is 1.83 bits per heavy atom. The smallest absolute Gasteiger partial charge is 0.159 e. The van der Waals surface area contributed by atoms with E-state index >= 15 is 0 Å². The normalized spacial score (nSPS) is 10.3. The highest BCUT2D eigenvalue weighted by molar-refractivity contribution is 6.30. The van der Waals surface area contributed by atoms with Crippen LogP contribution >= 0.6 is 11.6 Å². The first-order chi connectivity index (χ1) is 11.1. The summed E-state index contributed by atoms with van der Waals surface area (Å²) in [6.07, 6.45) is 1.39. The molecule has 0 saturated carbocycles. The van der Waals surface area contributed by atoms with Gasteiger partial charge in [-0.15, -0.1) is 0 Å². The van der Waals surface area contributed by atoms with Gasteiger partial charge in [0.05, 0.1) is 0 Å². The minimum Gasteiger partial charge on any atom is -0.393 e. The van der Waals surface area contributed by atoms with Gasteiger partial charge in [-0.3, -0.25) is 0 Å². The molecule has 2 aromatic carbocycles. The van der Waals surface area contributed by atoms with Crippen LogP contribution in [0.25, 0.3) is 0 Å². The standard InChI is InChI=1S/C16H13ClFN5/c17-10-1-5-12(6-2-10)22-15-14(19)16(21-9-20-15)23-13-7-3-11(18)4-8-13/h1-9H,19H2,(H2,20,21,22,23). The molecular formula is C16H13ClFN5. The van der Waals surface area contributed by atoms with Gasteiger partial charge >= 0.3 is 0 Å². The van der Waals surface area contributed by atoms with Gasteiger partial charge in [0.2, 0.25) is 0 Å². The zero-order valence-electron chi connectivity index (χ0n) is 11.9. The van der Waals surface area contributed by atoms with Crippen molar-refractivity contribution >= 4 is 40.3 Å². The Labute approximate surface area is 137 Å². The summed E-state index contributed by atoms with van der Waals surface area (Å²) in [4.78, 5) is 8.24. The fourth-order valence-electron chi connectivity index (χ4n) is 1.93. The summed E-state index contributed by atoms with van der Waals surface area (Å²) in [6.45, 7) is 0. The van der Waals surface area contributed by atoms with Crippen molar-refractivity contribution in [1.82, 2.24) is 9.97 Å². The van der Waals surface area contributed by atoms with E-state index in [2.05, 4.69) is 20.6 Å². The second-order valence-corrected chi connectivity index (χ2v) is 5.18. The van der Waals surface area contributed by atoms with Crippen molar-refractivity contribution < 1.29 is 4.39 Å². The minimum absolute atomic E-state index is 0.309. The second-order valence-electron chi connectivity index (χ2n) is 4.75. The van der Waals surface area contributed by atoms with Crippen LogP contribution in [0.1, 0.15) is 0 Å². The predicted octanol–water partition coefficient (Wildman–Crippen LogP) is 4.34. The van der Waals surface area contributed by atoms with E-state index < -0.39 is 0 Å². The number of nitrogens with one attached hydrogen (secondary N) is 2. The van der Waals surface area contributed by atoms with Crippen LogP contribution in [0.4, 0.5) is 33.1 Å². The van der Waals surface area contributed by atoms with Gasteiger partial charge in [-0.1, -0.05) is 11.6 Å². The van der Waals surface area contributed by atoms with Crippen molar-refractivity contribution in [2.75, 3.05) is 16.4 Å². The Bertz CT molecular complexity index is 740. The van der Waals surface area contributed by atoms with Crippen LogP contribution in [0.3, 0.4) is 0 Å². The fraction of sp³-hybridized carbons (Fsp3) is 0. The maximum Gasteiger partial charge on any atom is 0.159 e. The number of aromatic nitrogens is 2. The molecule has 1 heterocycles. The molecule has 0 saturated heterocycles. The summed E-state index contributed by atoms with van der Waals surface area (Å²) >= 11 is 5.86. The number of nitrogen functional groups attached to an aromatic ring is 1. The van der Waals surface area contributed by atoms with E-state index in [0.29, 0.717) is 28.0 Å². The van der Waals surface area contributed by atoms with Crippen LogP contribution in [-0.2, 0) is 0 Å². The number of benzene rings is 2. The lowest BCUT2D eigenvalue weighted by atomic mass is 10.3. The number of halogens is 2. The molecule has 3 aromatic rings. The van der Waals surface area contributed by atoms with Crippen molar-refractivity contribution in [2.24, 2.45) is 0 Å². The van der Waals surface area contributed by atoms with E-state index in [-0.39, 0.29) is 5.82 Å². The van der Waals surface area contributed by atoms with Crippen LogP contribution in [0.2, 0.25) is 5.02 Å². The molecule has 3 rings (SSSR count). The number of nitrogens with two attached hydrogens (primary N) is 1. The molecule has 0 amide bonds. The predicted molar refractivity (Wildman–Crippen MR) is 90.9 cm³/mol. The topological polar surface area (TPSA) is 75.9 Å². The summed E-state index contributed by atoms with van der Waals surface area (Å²) in [6, 6.07) is 13.1. The molecule has 7 heteroatoms. The monoisotopic (exact) mass is 329 g/mol. The van der Waals surface area contributed by atoms with Crippen LogP contribution in [0, 0.1) is 5.82 Å². The van der Waals surface area contributed by atoms with Gasteiger partial charge in [0.15, 0.2) is 11.6 Å². The Morgan fingerprint density at radius 1 is 0.826 bits per heavy atom. The van der Waals surface area contributed by atoms with E-state index in [4.69, 9.17) is 17.3 Å². The summed E-state index contributed by atoms with van der Waals surface area (Å²) in [5.41, 5.74) is 7.92. The molecule has 0 atom stereocenters. The lowest BCUT2D eigenvalue weighted by molar-refractivity contribution is 0.628.